The molecule has 67 heavy (non-hydrogen) atoms. The molecule has 5 aromatic carbocycles. The maximum Gasteiger partial charge on any atom is 0.135 e. The van der Waals surface area contributed by atoms with E-state index >= 15 is 0 Å². The summed E-state index contributed by atoms with van der Waals surface area (Å²) in [6.45, 7) is 4.81. The van der Waals surface area contributed by atoms with E-state index in [9.17, 15) is 0 Å². The Morgan fingerprint density at radius 1 is 0.701 bits per heavy atom. The molecular weight excluding hydrogens is 817 g/mol. The third kappa shape index (κ3) is 5.36. The number of anilines is 1. The molecule has 4 heteroatoms. The van der Waals surface area contributed by atoms with Crippen LogP contribution in [0.25, 0.3) is 74.0 Å². The van der Waals surface area contributed by atoms with Crippen LogP contribution in [-0.2, 0) is 11.8 Å². The molecule has 7 aliphatic rings. The minimum absolute atomic E-state index is 0.0497. The molecule has 4 nitrogen and oxygen atoms in total. The molecule has 15 rings (SSSR count). The molecule has 0 spiro atoms. The average Bonchev–Trinajstić information content (AvgIpc) is 4.16. The topological polar surface area (TPSA) is 34.5 Å². The smallest absolute Gasteiger partial charge is 0.135 e. The molecule has 1 fully saturated rings. The van der Waals surface area contributed by atoms with Gasteiger partial charge in [0, 0.05) is 67.0 Å². The molecule has 5 atom stereocenters. The highest BCUT2D eigenvalue weighted by Gasteiger charge is 2.44. The first-order valence-electron chi connectivity index (χ1n) is 24.5. The quantitative estimate of drug-likeness (QED) is 0.177. The Labute approximate surface area is 390 Å². The Morgan fingerprint density at radius 2 is 1.52 bits per heavy atom. The minimum Gasteiger partial charge on any atom is -0.460 e. The van der Waals surface area contributed by atoms with E-state index in [1.807, 2.05) is 0 Å². The lowest BCUT2D eigenvalue weighted by molar-refractivity contribution is 0.467. The minimum atomic E-state index is -0.0497. The van der Waals surface area contributed by atoms with Crippen molar-refractivity contribution in [2.24, 2.45) is 17.8 Å². The van der Waals surface area contributed by atoms with Crippen LogP contribution in [0.2, 0.25) is 0 Å². The maximum absolute atomic E-state index is 6.59. The molecule has 8 aromatic rings. The molecule has 324 valence electrons. The van der Waals surface area contributed by atoms with Crippen LogP contribution in [-0.4, -0.2) is 10.6 Å². The van der Waals surface area contributed by atoms with E-state index in [0.29, 0.717) is 11.8 Å². The third-order valence-electron chi connectivity index (χ3n) is 16.7. The van der Waals surface area contributed by atoms with Crippen molar-refractivity contribution < 1.29 is 8.83 Å². The van der Waals surface area contributed by atoms with Crippen molar-refractivity contribution in [3.63, 3.8) is 0 Å². The fourth-order valence-corrected chi connectivity index (χ4v) is 13.4. The van der Waals surface area contributed by atoms with Crippen LogP contribution in [0.1, 0.15) is 84.7 Å². The summed E-state index contributed by atoms with van der Waals surface area (Å²) in [6.07, 6.45) is 31.8. The summed E-state index contributed by atoms with van der Waals surface area (Å²) >= 11 is 0. The van der Waals surface area contributed by atoms with E-state index in [-0.39, 0.29) is 23.3 Å². The molecule has 0 saturated carbocycles. The van der Waals surface area contributed by atoms with Gasteiger partial charge in [0.05, 0.1) is 11.6 Å². The van der Waals surface area contributed by atoms with Gasteiger partial charge >= 0.3 is 0 Å². The van der Waals surface area contributed by atoms with Gasteiger partial charge in [-0.3, -0.25) is 0 Å². The zero-order chi connectivity index (χ0) is 44.1. The van der Waals surface area contributed by atoms with Crippen LogP contribution >= 0.6 is 0 Å². The summed E-state index contributed by atoms with van der Waals surface area (Å²) in [6, 6.07) is 40.6. The predicted molar refractivity (Wildman–Crippen MR) is 275 cm³/mol. The molecule has 6 aliphatic carbocycles. The van der Waals surface area contributed by atoms with Crippen molar-refractivity contribution in [2.75, 3.05) is 4.90 Å². The van der Waals surface area contributed by atoms with Crippen LogP contribution in [0.5, 0.6) is 0 Å². The number of hydrogen-bond donors (Lipinski definition) is 0. The van der Waals surface area contributed by atoms with Crippen molar-refractivity contribution in [3.8, 4) is 11.1 Å². The first-order chi connectivity index (χ1) is 33.0. The summed E-state index contributed by atoms with van der Waals surface area (Å²) in [7, 11) is 0. The normalized spacial score (nSPS) is 23.6. The van der Waals surface area contributed by atoms with Gasteiger partial charge in [-0.05, 0) is 138 Å². The van der Waals surface area contributed by atoms with Gasteiger partial charge < -0.3 is 18.3 Å². The van der Waals surface area contributed by atoms with Crippen molar-refractivity contribution in [3.05, 3.63) is 213 Å². The number of para-hydroxylation sites is 2. The highest BCUT2D eigenvalue weighted by atomic mass is 16.3. The molecule has 0 amide bonds. The number of benzene rings is 5. The number of allylic oxidation sites excluding steroid dienone is 9. The summed E-state index contributed by atoms with van der Waals surface area (Å²) < 4.78 is 15.8. The van der Waals surface area contributed by atoms with E-state index in [4.69, 9.17) is 8.83 Å². The summed E-state index contributed by atoms with van der Waals surface area (Å²) in [4.78, 5) is 2.60. The highest BCUT2D eigenvalue weighted by Crippen LogP contribution is 2.53. The molecular formula is C63H50N2O2. The highest BCUT2D eigenvalue weighted by molar-refractivity contribution is 5.99. The van der Waals surface area contributed by atoms with Crippen LogP contribution in [0.3, 0.4) is 0 Å². The van der Waals surface area contributed by atoms with Gasteiger partial charge in [-0.25, -0.2) is 0 Å². The first kappa shape index (κ1) is 37.9. The monoisotopic (exact) mass is 866 g/mol. The maximum atomic E-state index is 6.59. The standard InChI is InChI=1S/C63H50N2O2/c1-63(2)53-20-9-6-15-43(53)47-33-50-48-31-38(25-29-55(48)64(57(50)35-54(47)63)40-13-4-3-5-14-40)39-26-30-56-49(32-39)51-34-52-45-17-8-10-21-59(45)66-61(52)36-58(51)65(56)41-27-23-37(24-28-41)42-18-12-19-46-44-16-7-11-22-60(44)67-62(42)46/h3-4,6-13,15-17,19-25,27-30,32-36,38-39,42,51,58H,5,14,18,26,31H2,1-2H3. The van der Waals surface area contributed by atoms with E-state index in [1.165, 1.54) is 94.2 Å². The van der Waals surface area contributed by atoms with Gasteiger partial charge in [0.15, 0.2) is 0 Å². The SMILES string of the molecule is CC1(C)c2ccccc2-c2cc3c4c(n(C5=CC=CCC5)c3cc21)C=CC(C1C=C2C(=CC1)N(c1ccc(C3CC=Cc5c3oc3ccccc53)cc1)C1C=c3oc5ccccc5c3=CC21)C4. The van der Waals surface area contributed by atoms with Gasteiger partial charge in [0.1, 0.15) is 22.3 Å². The van der Waals surface area contributed by atoms with E-state index < -0.39 is 0 Å². The van der Waals surface area contributed by atoms with Crippen LogP contribution in [0.4, 0.5) is 5.69 Å². The van der Waals surface area contributed by atoms with Gasteiger partial charge in [0.25, 0.3) is 0 Å². The first-order valence-corrected chi connectivity index (χ1v) is 24.5. The van der Waals surface area contributed by atoms with Crippen molar-refractivity contribution in [1.82, 2.24) is 4.57 Å². The van der Waals surface area contributed by atoms with Gasteiger partial charge in [0.2, 0.25) is 0 Å². The van der Waals surface area contributed by atoms with E-state index in [0.717, 1.165) is 54.4 Å². The van der Waals surface area contributed by atoms with Crippen molar-refractivity contribution in [1.29, 1.82) is 0 Å². The molecule has 1 saturated heterocycles. The molecule has 0 radical (unpaired) electrons. The number of nitrogens with zero attached hydrogens (tertiary/aromatic N) is 2. The Kier molecular flexibility index (Phi) is 7.84. The zero-order valence-electron chi connectivity index (χ0n) is 37.9. The second kappa shape index (κ2) is 13.9. The molecule has 5 unspecified atom stereocenters. The molecule has 0 bridgehead atoms. The molecule has 1 aliphatic heterocycles. The lowest BCUT2D eigenvalue weighted by Crippen LogP contribution is -2.38. The molecule has 3 aromatic heterocycles. The second-order valence-corrected chi connectivity index (χ2v) is 20.5. The van der Waals surface area contributed by atoms with Gasteiger partial charge in [-0.2, -0.15) is 0 Å². The average molecular weight is 867 g/mol. The fourth-order valence-electron chi connectivity index (χ4n) is 13.4. The van der Waals surface area contributed by atoms with Crippen LogP contribution in [0.15, 0.2) is 172 Å². The van der Waals surface area contributed by atoms with E-state index in [2.05, 4.69) is 199 Å². The second-order valence-electron chi connectivity index (χ2n) is 20.5. The van der Waals surface area contributed by atoms with Crippen LogP contribution in [0, 0.1) is 17.8 Å². The Balaban J connectivity index is 0.820. The predicted octanol–water partition coefficient (Wildman–Crippen LogP) is 14.0. The van der Waals surface area contributed by atoms with Crippen molar-refractivity contribution >= 4 is 68.5 Å². The molecule has 0 N–H and O–H groups in total. The number of hydrogen-bond acceptors (Lipinski definition) is 3. The van der Waals surface area contributed by atoms with Crippen LogP contribution < -0.4 is 15.5 Å². The number of rotatable bonds is 4. The molecule has 4 heterocycles. The Hall–Kier alpha value is -7.30. The number of aromatic nitrogens is 1. The largest absolute Gasteiger partial charge is 0.460 e. The lowest BCUT2D eigenvalue weighted by atomic mass is 9.76. The van der Waals surface area contributed by atoms with Crippen molar-refractivity contribution in [2.45, 2.75) is 63.3 Å². The fraction of sp³-hybridized carbons (Fsp3) is 0.206. The summed E-state index contributed by atoms with van der Waals surface area (Å²) in [5.41, 5.74) is 20.6. The number of furan rings is 2. The summed E-state index contributed by atoms with van der Waals surface area (Å²) in [5.74, 6) is 2.22. The zero-order valence-corrected chi connectivity index (χ0v) is 37.9. The van der Waals surface area contributed by atoms with E-state index in [1.54, 1.807) is 0 Å². The Morgan fingerprint density at radius 3 is 2.39 bits per heavy atom. The van der Waals surface area contributed by atoms with Gasteiger partial charge in [-0.15, -0.1) is 0 Å². The summed E-state index contributed by atoms with van der Waals surface area (Å²) in [5, 5.41) is 5.03. The van der Waals surface area contributed by atoms with Gasteiger partial charge in [-0.1, -0.05) is 135 Å². The third-order valence-corrected chi connectivity index (χ3v) is 16.7. The lowest BCUT2D eigenvalue weighted by Gasteiger charge is -2.30. The Bertz CT molecular complexity index is 3790. The number of fused-ring (bicyclic) bond motifs is 15.